The van der Waals surface area contributed by atoms with Crippen molar-refractivity contribution in [3.05, 3.63) is 28.2 Å². The molecule has 0 bridgehead atoms. The Bertz CT molecular complexity index is 531. The molecule has 94 valence electrons. The van der Waals surface area contributed by atoms with Gasteiger partial charge in [-0.1, -0.05) is 28.1 Å². The van der Waals surface area contributed by atoms with Gasteiger partial charge in [0.25, 0.3) is 0 Å². The average Bonchev–Trinajstić information content (AvgIpc) is 2.27. The van der Waals surface area contributed by atoms with Crippen LogP contribution in [0.4, 0.5) is 5.69 Å². The number of imide groups is 1. The van der Waals surface area contributed by atoms with Crippen molar-refractivity contribution in [2.45, 2.75) is 0 Å². The van der Waals surface area contributed by atoms with E-state index in [1.807, 2.05) is 6.07 Å². The van der Waals surface area contributed by atoms with E-state index in [4.69, 9.17) is 18.0 Å². The van der Waals surface area contributed by atoms with Crippen molar-refractivity contribution in [1.82, 2.24) is 5.32 Å². The number of anilines is 1. The summed E-state index contributed by atoms with van der Waals surface area (Å²) in [4.78, 5) is 24.6. The number of hydrogen-bond donors (Lipinski definition) is 2. The van der Waals surface area contributed by atoms with Crippen LogP contribution in [0.1, 0.15) is 5.56 Å². The molecule has 0 aromatic heterocycles. The van der Waals surface area contributed by atoms with E-state index in [1.165, 1.54) is 0 Å². The number of piperazine rings is 1. The maximum Gasteiger partial charge on any atom is 0.246 e. The lowest BCUT2D eigenvalue weighted by atomic mass is 10.1. The summed E-state index contributed by atoms with van der Waals surface area (Å²) in [7, 11) is 0. The summed E-state index contributed by atoms with van der Waals surface area (Å²) in [5.74, 6) is -0.666. The summed E-state index contributed by atoms with van der Waals surface area (Å²) >= 11 is 8.32. The molecule has 1 aromatic carbocycles. The van der Waals surface area contributed by atoms with E-state index >= 15 is 0 Å². The van der Waals surface area contributed by atoms with Crippen LogP contribution >= 0.6 is 28.1 Å². The third-order valence-electron chi connectivity index (χ3n) is 2.51. The fourth-order valence-electron chi connectivity index (χ4n) is 1.78. The van der Waals surface area contributed by atoms with E-state index in [9.17, 15) is 9.59 Å². The van der Waals surface area contributed by atoms with E-state index in [0.717, 1.165) is 4.47 Å². The zero-order valence-electron chi connectivity index (χ0n) is 9.27. The van der Waals surface area contributed by atoms with Crippen molar-refractivity contribution >= 4 is 50.6 Å². The molecule has 3 N–H and O–H groups in total. The Morgan fingerprint density at radius 2 is 1.94 bits per heavy atom. The number of carbonyl (C=O) groups is 2. The van der Waals surface area contributed by atoms with Crippen LogP contribution in [0.15, 0.2) is 22.7 Å². The highest BCUT2D eigenvalue weighted by molar-refractivity contribution is 9.10. The molecule has 0 atom stereocenters. The Balaban J connectivity index is 2.42. The van der Waals surface area contributed by atoms with Gasteiger partial charge < -0.3 is 10.6 Å². The number of thiocarbonyl (C=S) groups is 1. The highest BCUT2D eigenvalue weighted by atomic mass is 79.9. The Labute approximate surface area is 117 Å². The summed E-state index contributed by atoms with van der Waals surface area (Å²) < 4.78 is 0.830. The fourth-order valence-corrected chi connectivity index (χ4v) is 2.30. The first-order chi connectivity index (χ1) is 8.47. The molecule has 1 aliphatic heterocycles. The van der Waals surface area contributed by atoms with Crippen LogP contribution < -0.4 is 16.0 Å². The van der Waals surface area contributed by atoms with Crippen molar-refractivity contribution in [3.63, 3.8) is 0 Å². The van der Waals surface area contributed by atoms with Crippen molar-refractivity contribution in [2.24, 2.45) is 5.73 Å². The van der Waals surface area contributed by atoms with Crippen LogP contribution in [-0.2, 0) is 9.59 Å². The first kappa shape index (κ1) is 13.0. The maximum atomic E-state index is 11.4. The number of nitrogens with two attached hydrogens (primary N) is 1. The quantitative estimate of drug-likeness (QED) is 0.612. The van der Waals surface area contributed by atoms with E-state index in [2.05, 4.69) is 21.2 Å². The number of carbonyl (C=O) groups excluding carboxylic acids is 2. The largest absolute Gasteiger partial charge is 0.389 e. The van der Waals surface area contributed by atoms with Gasteiger partial charge in [-0.15, -0.1) is 0 Å². The van der Waals surface area contributed by atoms with Gasteiger partial charge in [0.1, 0.15) is 4.99 Å². The van der Waals surface area contributed by atoms with Crippen LogP contribution in [0.25, 0.3) is 0 Å². The van der Waals surface area contributed by atoms with Crippen molar-refractivity contribution in [3.8, 4) is 0 Å². The van der Waals surface area contributed by atoms with Gasteiger partial charge in [-0.05, 0) is 18.2 Å². The molecule has 0 unspecified atom stereocenters. The molecule has 18 heavy (non-hydrogen) atoms. The van der Waals surface area contributed by atoms with E-state index in [-0.39, 0.29) is 29.9 Å². The lowest BCUT2D eigenvalue weighted by Crippen LogP contribution is -2.51. The molecule has 1 saturated heterocycles. The molecular weight excluding hydrogens is 318 g/mol. The Morgan fingerprint density at radius 1 is 1.33 bits per heavy atom. The van der Waals surface area contributed by atoms with Crippen molar-refractivity contribution < 1.29 is 9.59 Å². The van der Waals surface area contributed by atoms with Gasteiger partial charge in [0.2, 0.25) is 11.8 Å². The van der Waals surface area contributed by atoms with Crippen molar-refractivity contribution in [1.29, 1.82) is 0 Å². The minimum atomic E-state index is -0.333. The monoisotopic (exact) mass is 327 g/mol. The molecule has 1 fully saturated rings. The van der Waals surface area contributed by atoms with Gasteiger partial charge >= 0.3 is 0 Å². The summed E-state index contributed by atoms with van der Waals surface area (Å²) in [6.45, 7) is 0.218. The first-order valence-electron chi connectivity index (χ1n) is 5.14. The van der Waals surface area contributed by atoms with Gasteiger partial charge in [0.05, 0.1) is 13.1 Å². The fraction of sp³-hybridized carbons (Fsp3) is 0.182. The Kier molecular flexibility index (Phi) is 3.63. The molecule has 0 radical (unpaired) electrons. The summed E-state index contributed by atoms with van der Waals surface area (Å²) in [6, 6.07) is 5.36. The van der Waals surface area contributed by atoms with Crippen LogP contribution in [-0.4, -0.2) is 29.9 Å². The van der Waals surface area contributed by atoms with Crippen LogP contribution in [0.3, 0.4) is 0 Å². The number of hydrogen-bond acceptors (Lipinski definition) is 4. The minimum absolute atomic E-state index is 0.109. The zero-order chi connectivity index (χ0) is 13.3. The lowest BCUT2D eigenvalue weighted by molar-refractivity contribution is -0.130. The standard InChI is InChI=1S/C11H10BrN3O2S/c12-6-1-2-7(11(13)18)8(3-6)15-4-9(16)14-10(17)5-15/h1-3H,4-5H2,(H2,13,18)(H,14,16,17). The number of rotatable bonds is 2. The number of nitrogens with one attached hydrogen (secondary N) is 1. The summed E-state index contributed by atoms with van der Waals surface area (Å²) in [6.07, 6.45) is 0. The molecule has 2 rings (SSSR count). The Morgan fingerprint density at radius 3 is 2.50 bits per heavy atom. The van der Waals surface area contributed by atoms with E-state index in [0.29, 0.717) is 11.3 Å². The summed E-state index contributed by atoms with van der Waals surface area (Å²) in [5.41, 5.74) is 6.97. The second-order valence-corrected chi connectivity index (χ2v) is 5.21. The molecule has 2 amide bonds. The third kappa shape index (κ3) is 2.68. The van der Waals surface area contributed by atoms with Crippen molar-refractivity contribution in [2.75, 3.05) is 18.0 Å². The predicted molar refractivity (Wildman–Crippen MR) is 75.4 cm³/mol. The molecule has 1 aliphatic rings. The van der Waals surface area contributed by atoms with Crippen LogP contribution in [0.5, 0.6) is 0 Å². The molecule has 0 aliphatic carbocycles. The number of amides is 2. The first-order valence-corrected chi connectivity index (χ1v) is 6.34. The zero-order valence-corrected chi connectivity index (χ0v) is 11.7. The van der Waals surface area contributed by atoms with Gasteiger partial charge in [-0.3, -0.25) is 14.9 Å². The molecule has 1 heterocycles. The highest BCUT2D eigenvalue weighted by Crippen LogP contribution is 2.25. The van der Waals surface area contributed by atoms with Crippen LogP contribution in [0, 0.1) is 0 Å². The van der Waals surface area contributed by atoms with E-state index in [1.54, 1.807) is 17.0 Å². The van der Waals surface area contributed by atoms with Gasteiger partial charge in [0, 0.05) is 15.7 Å². The van der Waals surface area contributed by atoms with Gasteiger partial charge in [0.15, 0.2) is 0 Å². The molecule has 0 saturated carbocycles. The van der Waals surface area contributed by atoms with Crippen LogP contribution in [0.2, 0.25) is 0 Å². The third-order valence-corrected chi connectivity index (χ3v) is 3.23. The van der Waals surface area contributed by atoms with Gasteiger partial charge in [-0.25, -0.2) is 0 Å². The van der Waals surface area contributed by atoms with Gasteiger partial charge in [-0.2, -0.15) is 0 Å². The normalized spacial score (nSPS) is 15.5. The second-order valence-electron chi connectivity index (χ2n) is 3.85. The predicted octanol–water partition coefficient (Wildman–Crippen LogP) is 0.546. The second kappa shape index (κ2) is 5.03. The number of halogens is 1. The summed E-state index contributed by atoms with van der Waals surface area (Å²) in [5, 5.41) is 2.25. The molecule has 0 spiro atoms. The lowest BCUT2D eigenvalue weighted by Gasteiger charge is -2.29. The number of benzene rings is 1. The molecule has 1 aromatic rings. The molecule has 5 nitrogen and oxygen atoms in total. The number of nitrogens with zero attached hydrogens (tertiary/aromatic N) is 1. The SMILES string of the molecule is NC(=S)c1ccc(Br)cc1N1CC(=O)NC(=O)C1. The molecular formula is C11H10BrN3O2S. The van der Waals surface area contributed by atoms with E-state index < -0.39 is 0 Å². The Hall–Kier alpha value is -1.47. The topological polar surface area (TPSA) is 75.4 Å². The smallest absolute Gasteiger partial charge is 0.246 e. The highest BCUT2D eigenvalue weighted by Gasteiger charge is 2.24. The minimum Gasteiger partial charge on any atom is -0.389 e. The molecule has 7 heteroatoms. The maximum absolute atomic E-state index is 11.4. The average molecular weight is 328 g/mol.